The maximum atomic E-state index is 10.1. The summed E-state index contributed by atoms with van der Waals surface area (Å²) < 4.78 is 0. The second-order valence-electron chi connectivity index (χ2n) is 4.53. The zero-order chi connectivity index (χ0) is 13.0. The van der Waals surface area contributed by atoms with Gasteiger partial charge < -0.3 is 5.11 Å². The molecule has 0 radical (unpaired) electrons. The molecule has 2 aromatic carbocycles. The first-order chi connectivity index (χ1) is 8.72. The standard InChI is InChI=1S/C17H18O/c1-3-13(2)17(18)16-11-9-15(10-12-16)14-7-5-4-6-8-14/h3-13,17-18H,1H2,2H3/t13-,17+/m0/s1. The van der Waals surface area contributed by atoms with Gasteiger partial charge in [-0.3, -0.25) is 0 Å². The molecule has 2 rings (SSSR count). The largest absolute Gasteiger partial charge is 0.388 e. The number of benzene rings is 2. The smallest absolute Gasteiger partial charge is 0.0849 e. The molecule has 0 amide bonds. The number of hydrogen-bond acceptors (Lipinski definition) is 1. The summed E-state index contributed by atoms with van der Waals surface area (Å²) >= 11 is 0. The fourth-order valence-electron chi connectivity index (χ4n) is 1.94. The van der Waals surface area contributed by atoms with E-state index in [1.807, 2.05) is 49.4 Å². The normalized spacial score (nSPS) is 13.9. The molecule has 0 saturated heterocycles. The van der Waals surface area contributed by atoms with E-state index in [-0.39, 0.29) is 5.92 Å². The molecule has 0 bridgehead atoms. The molecule has 0 fully saturated rings. The molecule has 2 atom stereocenters. The van der Waals surface area contributed by atoms with Gasteiger partial charge >= 0.3 is 0 Å². The van der Waals surface area contributed by atoms with Crippen molar-refractivity contribution in [3.8, 4) is 11.1 Å². The van der Waals surface area contributed by atoms with Gasteiger partial charge in [0.05, 0.1) is 6.10 Å². The summed E-state index contributed by atoms with van der Waals surface area (Å²) in [5.41, 5.74) is 3.29. The van der Waals surface area contributed by atoms with Crippen LogP contribution in [0.5, 0.6) is 0 Å². The number of aliphatic hydroxyl groups excluding tert-OH is 1. The molecule has 0 aromatic heterocycles. The second kappa shape index (κ2) is 5.65. The van der Waals surface area contributed by atoms with Crippen molar-refractivity contribution in [3.05, 3.63) is 72.8 Å². The molecule has 92 valence electrons. The Morgan fingerprint density at radius 2 is 1.50 bits per heavy atom. The van der Waals surface area contributed by atoms with Gasteiger partial charge in [0.1, 0.15) is 0 Å². The Hall–Kier alpha value is -1.86. The van der Waals surface area contributed by atoms with Crippen LogP contribution >= 0.6 is 0 Å². The monoisotopic (exact) mass is 238 g/mol. The lowest BCUT2D eigenvalue weighted by atomic mass is 9.95. The van der Waals surface area contributed by atoms with E-state index in [1.165, 1.54) is 5.56 Å². The average molecular weight is 238 g/mol. The first kappa shape index (κ1) is 12.6. The van der Waals surface area contributed by atoms with Crippen molar-refractivity contribution in [1.82, 2.24) is 0 Å². The Kier molecular flexibility index (Phi) is 3.96. The minimum Gasteiger partial charge on any atom is -0.388 e. The van der Waals surface area contributed by atoms with Crippen LogP contribution in [0, 0.1) is 5.92 Å². The Labute approximate surface area is 108 Å². The lowest BCUT2D eigenvalue weighted by Gasteiger charge is -2.15. The third-order valence-corrected chi connectivity index (χ3v) is 3.23. The van der Waals surface area contributed by atoms with Gasteiger partial charge in [-0.2, -0.15) is 0 Å². The third-order valence-electron chi connectivity index (χ3n) is 3.23. The topological polar surface area (TPSA) is 20.2 Å². The van der Waals surface area contributed by atoms with E-state index in [1.54, 1.807) is 6.08 Å². The van der Waals surface area contributed by atoms with Gasteiger partial charge in [-0.1, -0.05) is 67.6 Å². The van der Waals surface area contributed by atoms with Crippen LogP contribution in [0.4, 0.5) is 0 Å². The van der Waals surface area contributed by atoms with E-state index in [0.29, 0.717) is 0 Å². The molecule has 0 heterocycles. The molecule has 0 spiro atoms. The highest BCUT2D eigenvalue weighted by atomic mass is 16.3. The van der Waals surface area contributed by atoms with Gasteiger partial charge in [0.15, 0.2) is 0 Å². The summed E-state index contributed by atoms with van der Waals surface area (Å²) in [6, 6.07) is 18.3. The summed E-state index contributed by atoms with van der Waals surface area (Å²) in [4.78, 5) is 0. The Balaban J connectivity index is 2.23. The van der Waals surface area contributed by atoms with Crippen molar-refractivity contribution in [1.29, 1.82) is 0 Å². The zero-order valence-electron chi connectivity index (χ0n) is 10.6. The van der Waals surface area contributed by atoms with Gasteiger partial charge in [-0.05, 0) is 16.7 Å². The van der Waals surface area contributed by atoms with Crippen LogP contribution in [0.15, 0.2) is 67.3 Å². The van der Waals surface area contributed by atoms with E-state index in [2.05, 4.69) is 18.7 Å². The fourth-order valence-corrected chi connectivity index (χ4v) is 1.94. The molecule has 1 heteroatoms. The van der Waals surface area contributed by atoms with Gasteiger partial charge in [0, 0.05) is 5.92 Å². The molecule has 1 nitrogen and oxygen atoms in total. The first-order valence-electron chi connectivity index (χ1n) is 6.18. The predicted octanol–water partition coefficient (Wildman–Crippen LogP) is 4.21. The van der Waals surface area contributed by atoms with E-state index in [0.717, 1.165) is 11.1 Å². The van der Waals surface area contributed by atoms with E-state index < -0.39 is 6.10 Å². The molecular formula is C17H18O. The summed E-state index contributed by atoms with van der Waals surface area (Å²) in [6.07, 6.45) is 1.29. The first-order valence-corrected chi connectivity index (χ1v) is 6.18. The van der Waals surface area contributed by atoms with Crippen LogP contribution in [-0.2, 0) is 0 Å². The molecule has 1 N–H and O–H groups in total. The van der Waals surface area contributed by atoms with Crippen molar-refractivity contribution in [2.75, 3.05) is 0 Å². The third kappa shape index (κ3) is 2.69. The predicted molar refractivity (Wildman–Crippen MR) is 76.2 cm³/mol. The maximum Gasteiger partial charge on any atom is 0.0849 e. The lowest BCUT2D eigenvalue weighted by molar-refractivity contribution is 0.140. The molecular weight excluding hydrogens is 220 g/mol. The fraction of sp³-hybridized carbons (Fsp3) is 0.176. The SMILES string of the molecule is C=C[C@H](C)[C@@H](O)c1ccc(-c2ccccc2)cc1. The Morgan fingerprint density at radius 1 is 0.944 bits per heavy atom. The summed E-state index contributed by atoms with van der Waals surface area (Å²) in [5, 5.41) is 10.1. The molecule has 2 aromatic rings. The molecule has 18 heavy (non-hydrogen) atoms. The maximum absolute atomic E-state index is 10.1. The lowest BCUT2D eigenvalue weighted by Crippen LogP contribution is -2.06. The van der Waals surface area contributed by atoms with Gasteiger partial charge in [0.2, 0.25) is 0 Å². The van der Waals surface area contributed by atoms with Crippen molar-refractivity contribution < 1.29 is 5.11 Å². The van der Waals surface area contributed by atoms with Crippen molar-refractivity contribution >= 4 is 0 Å². The van der Waals surface area contributed by atoms with Crippen LogP contribution in [-0.4, -0.2) is 5.11 Å². The number of aliphatic hydroxyl groups is 1. The molecule has 0 saturated carbocycles. The average Bonchev–Trinajstić information content (AvgIpc) is 2.47. The highest BCUT2D eigenvalue weighted by molar-refractivity contribution is 5.63. The van der Waals surface area contributed by atoms with Crippen LogP contribution in [0.2, 0.25) is 0 Å². The van der Waals surface area contributed by atoms with E-state index >= 15 is 0 Å². The van der Waals surface area contributed by atoms with Crippen LogP contribution in [0.1, 0.15) is 18.6 Å². The van der Waals surface area contributed by atoms with Crippen molar-refractivity contribution in [2.24, 2.45) is 5.92 Å². The number of rotatable bonds is 4. The minimum atomic E-state index is -0.479. The summed E-state index contributed by atoms with van der Waals surface area (Å²) in [5.74, 6) is 0.0626. The van der Waals surface area contributed by atoms with Crippen LogP contribution in [0.3, 0.4) is 0 Å². The van der Waals surface area contributed by atoms with Crippen LogP contribution < -0.4 is 0 Å². The van der Waals surface area contributed by atoms with Gasteiger partial charge in [-0.25, -0.2) is 0 Å². The van der Waals surface area contributed by atoms with Gasteiger partial charge in [0.25, 0.3) is 0 Å². The summed E-state index contributed by atoms with van der Waals surface area (Å²) in [6.45, 7) is 5.67. The number of hydrogen-bond donors (Lipinski definition) is 1. The zero-order valence-corrected chi connectivity index (χ0v) is 10.6. The van der Waals surface area contributed by atoms with E-state index in [9.17, 15) is 5.11 Å². The molecule has 0 aliphatic carbocycles. The second-order valence-corrected chi connectivity index (χ2v) is 4.53. The van der Waals surface area contributed by atoms with Crippen molar-refractivity contribution in [2.45, 2.75) is 13.0 Å². The van der Waals surface area contributed by atoms with E-state index in [4.69, 9.17) is 0 Å². The van der Waals surface area contributed by atoms with Crippen molar-refractivity contribution in [3.63, 3.8) is 0 Å². The molecule has 0 aliphatic heterocycles. The van der Waals surface area contributed by atoms with Crippen LogP contribution in [0.25, 0.3) is 11.1 Å². The summed E-state index contributed by atoms with van der Waals surface area (Å²) in [7, 11) is 0. The Bertz CT molecular complexity index is 499. The molecule has 0 unspecified atom stereocenters. The highest BCUT2D eigenvalue weighted by Crippen LogP contribution is 2.25. The Morgan fingerprint density at radius 3 is 2.06 bits per heavy atom. The quantitative estimate of drug-likeness (QED) is 0.791. The van der Waals surface area contributed by atoms with Gasteiger partial charge in [-0.15, -0.1) is 6.58 Å². The highest BCUT2D eigenvalue weighted by Gasteiger charge is 2.12. The molecule has 0 aliphatic rings. The minimum absolute atomic E-state index is 0.0626.